The molecule has 0 amide bonds. The standard InChI is InChI=1S/C6H13O3/c1-2-8-5-6-9-4-3-7/h2,7H,3-6H2,1H3. The van der Waals surface area contributed by atoms with E-state index in [-0.39, 0.29) is 6.61 Å². The molecule has 55 valence electrons. The van der Waals surface area contributed by atoms with Gasteiger partial charge in [-0.3, -0.25) is 0 Å². The zero-order chi connectivity index (χ0) is 6.95. The Morgan fingerprint density at radius 3 is 2.67 bits per heavy atom. The Morgan fingerprint density at radius 2 is 2.11 bits per heavy atom. The molecular formula is C6H13O3. The van der Waals surface area contributed by atoms with Crippen molar-refractivity contribution >= 4 is 0 Å². The Hall–Kier alpha value is -0.120. The van der Waals surface area contributed by atoms with Crippen molar-refractivity contribution in [2.75, 3.05) is 26.4 Å². The molecule has 0 atom stereocenters. The van der Waals surface area contributed by atoms with Gasteiger partial charge in [-0.1, -0.05) is 0 Å². The van der Waals surface area contributed by atoms with Gasteiger partial charge >= 0.3 is 0 Å². The average molecular weight is 133 g/mol. The Labute approximate surface area is 55.6 Å². The lowest BCUT2D eigenvalue weighted by atomic mass is 10.7. The molecule has 0 aliphatic rings. The highest BCUT2D eigenvalue weighted by molar-refractivity contribution is 4.35. The molecule has 3 nitrogen and oxygen atoms in total. The summed E-state index contributed by atoms with van der Waals surface area (Å²) in [5.41, 5.74) is 0. The van der Waals surface area contributed by atoms with E-state index in [1.54, 1.807) is 6.61 Å². The van der Waals surface area contributed by atoms with Crippen molar-refractivity contribution in [1.29, 1.82) is 0 Å². The smallest absolute Gasteiger partial charge is 0.0807 e. The van der Waals surface area contributed by atoms with Crippen LogP contribution < -0.4 is 0 Å². The minimum absolute atomic E-state index is 0.0792. The minimum atomic E-state index is 0.0792. The molecule has 0 aromatic heterocycles. The molecule has 1 radical (unpaired) electrons. The summed E-state index contributed by atoms with van der Waals surface area (Å²) >= 11 is 0. The van der Waals surface area contributed by atoms with E-state index in [1.165, 1.54) is 0 Å². The van der Waals surface area contributed by atoms with Gasteiger partial charge in [-0.2, -0.15) is 0 Å². The van der Waals surface area contributed by atoms with Crippen LogP contribution in [0.15, 0.2) is 0 Å². The van der Waals surface area contributed by atoms with Crippen LogP contribution in [0.3, 0.4) is 0 Å². The SMILES string of the molecule is C[CH]OCCOCCO. The van der Waals surface area contributed by atoms with Crippen LogP contribution in [0.4, 0.5) is 0 Å². The third kappa shape index (κ3) is 7.88. The zero-order valence-electron chi connectivity index (χ0n) is 5.67. The van der Waals surface area contributed by atoms with Crippen molar-refractivity contribution in [3.63, 3.8) is 0 Å². The van der Waals surface area contributed by atoms with Gasteiger partial charge in [-0.25, -0.2) is 0 Å². The summed E-state index contributed by atoms with van der Waals surface area (Å²) in [6.07, 6.45) is 0. The Morgan fingerprint density at radius 1 is 1.33 bits per heavy atom. The molecule has 0 bridgehead atoms. The maximum Gasteiger partial charge on any atom is 0.0807 e. The van der Waals surface area contributed by atoms with Crippen molar-refractivity contribution in [1.82, 2.24) is 0 Å². The maximum absolute atomic E-state index is 8.25. The minimum Gasteiger partial charge on any atom is -0.394 e. The highest BCUT2D eigenvalue weighted by atomic mass is 16.5. The summed E-state index contributed by atoms with van der Waals surface area (Å²) < 4.78 is 9.74. The van der Waals surface area contributed by atoms with Crippen molar-refractivity contribution in [2.24, 2.45) is 0 Å². The molecule has 1 N–H and O–H groups in total. The van der Waals surface area contributed by atoms with Crippen LogP contribution >= 0.6 is 0 Å². The quantitative estimate of drug-likeness (QED) is 0.526. The van der Waals surface area contributed by atoms with E-state index in [9.17, 15) is 0 Å². The molecule has 0 fully saturated rings. The fraction of sp³-hybridized carbons (Fsp3) is 0.833. The molecule has 0 saturated heterocycles. The van der Waals surface area contributed by atoms with Gasteiger partial charge in [0.15, 0.2) is 0 Å². The summed E-state index contributed by atoms with van der Waals surface area (Å²) in [6, 6.07) is 0. The summed E-state index contributed by atoms with van der Waals surface area (Å²) in [4.78, 5) is 0. The lowest BCUT2D eigenvalue weighted by molar-refractivity contribution is 0.0519. The molecule has 0 aliphatic carbocycles. The lowest BCUT2D eigenvalue weighted by Gasteiger charge is -2.00. The van der Waals surface area contributed by atoms with Crippen LogP contribution in [0, 0.1) is 6.61 Å². The summed E-state index contributed by atoms with van der Waals surface area (Å²) in [5.74, 6) is 0. The number of aliphatic hydroxyl groups excluding tert-OH is 1. The van der Waals surface area contributed by atoms with Gasteiger partial charge in [0.2, 0.25) is 0 Å². The van der Waals surface area contributed by atoms with Crippen LogP contribution in [0.5, 0.6) is 0 Å². The van der Waals surface area contributed by atoms with E-state index in [1.807, 2.05) is 6.92 Å². The zero-order valence-corrected chi connectivity index (χ0v) is 5.67. The number of hydrogen-bond acceptors (Lipinski definition) is 3. The number of aliphatic hydroxyl groups is 1. The van der Waals surface area contributed by atoms with E-state index < -0.39 is 0 Å². The molecule has 0 rings (SSSR count). The summed E-state index contributed by atoms with van der Waals surface area (Å²) in [6.45, 7) is 5.01. The number of ether oxygens (including phenoxy) is 2. The van der Waals surface area contributed by atoms with Gasteiger partial charge in [-0.05, 0) is 6.92 Å². The molecule has 0 aromatic carbocycles. The number of hydrogen-bond donors (Lipinski definition) is 1. The Balaban J connectivity index is 2.60. The summed E-state index contributed by atoms with van der Waals surface area (Å²) in [7, 11) is 0. The second kappa shape index (κ2) is 7.88. The molecule has 3 heteroatoms. The Kier molecular flexibility index (Phi) is 7.77. The maximum atomic E-state index is 8.25. The first-order chi connectivity index (χ1) is 4.41. The highest BCUT2D eigenvalue weighted by Crippen LogP contribution is 1.79. The second-order valence-corrected chi connectivity index (χ2v) is 1.44. The number of rotatable bonds is 6. The monoisotopic (exact) mass is 133 g/mol. The van der Waals surface area contributed by atoms with Gasteiger partial charge in [0.1, 0.15) is 0 Å². The van der Waals surface area contributed by atoms with Crippen molar-refractivity contribution in [3.05, 3.63) is 6.61 Å². The summed E-state index contributed by atoms with van der Waals surface area (Å²) in [5, 5.41) is 8.25. The van der Waals surface area contributed by atoms with Crippen molar-refractivity contribution in [2.45, 2.75) is 6.92 Å². The van der Waals surface area contributed by atoms with Crippen molar-refractivity contribution in [3.8, 4) is 0 Å². The first-order valence-electron chi connectivity index (χ1n) is 3.00. The van der Waals surface area contributed by atoms with E-state index in [0.29, 0.717) is 19.8 Å². The lowest BCUT2D eigenvalue weighted by Crippen LogP contribution is -2.05. The fourth-order valence-electron chi connectivity index (χ4n) is 0.392. The molecule has 0 saturated carbocycles. The van der Waals surface area contributed by atoms with Crippen LogP contribution in [0.1, 0.15) is 6.92 Å². The normalized spacial score (nSPS) is 10.0. The van der Waals surface area contributed by atoms with Crippen molar-refractivity contribution < 1.29 is 14.6 Å². The third-order valence-electron chi connectivity index (χ3n) is 0.748. The molecule has 0 spiro atoms. The first-order valence-corrected chi connectivity index (χ1v) is 3.00. The van der Waals surface area contributed by atoms with Crippen LogP contribution in [0.25, 0.3) is 0 Å². The second-order valence-electron chi connectivity index (χ2n) is 1.44. The largest absolute Gasteiger partial charge is 0.394 e. The topological polar surface area (TPSA) is 38.7 Å². The molecule has 0 unspecified atom stereocenters. The Bertz CT molecular complexity index is 41.6. The van der Waals surface area contributed by atoms with E-state index in [2.05, 4.69) is 0 Å². The van der Waals surface area contributed by atoms with Crippen LogP contribution in [-0.4, -0.2) is 31.5 Å². The van der Waals surface area contributed by atoms with E-state index >= 15 is 0 Å². The van der Waals surface area contributed by atoms with E-state index in [4.69, 9.17) is 14.6 Å². The predicted molar refractivity (Wildman–Crippen MR) is 33.8 cm³/mol. The molecule has 0 aliphatic heterocycles. The van der Waals surface area contributed by atoms with E-state index in [0.717, 1.165) is 0 Å². The molecule has 0 heterocycles. The van der Waals surface area contributed by atoms with Gasteiger partial charge in [0, 0.05) is 0 Å². The van der Waals surface area contributed by atoms with Crippen LogP contribution in [-0.2, 0) is 9.47 Å². The van der Waals surface area contributed by atoms with Crippen LogP contribution in [0.2, 0.25) is 0 Å². The van der Waals surface area contributed by atoms with Gasteiger partial charge in [0.05, 0.1) is 33.0 Å². The fourth-order valence-corrected chi connectivity index (χ4v) is 0.392. The molecule has 0 aromatic rings. The first kappa shape index (κ1) is 8.88. The van der Waals surface area contributed by atoms with Gasteiger partial charge < -0.3 is 14.6 Å². The highest BCUT2D eigenvalue weighted by Gasteiger charge is 1.84. The predicted octanol–water partition coefficient (Wildman–Crippen LogP) is 0.194. The van der Waals surface area contributed by atoms with Gasteiger partial charge in [0.25, 0.3) is 0 Å². The average Bonchev–Trinajstić information content (AvgIpc) is 1.89. The molecule has 9 heavy (non-hydrogen) atoms. The van der Waals surface area contributed by atoms with Gasteiger partial charge in [-0.15, -0.1) is 0 Å². The molecular weight excluding hydrogens is 120 g/mol. The third-order valence-corrected chi connectivity index (χ3v) is 0.748.